The summed E-state index contributed by atoms with van der Waals surface area (Å²) < 4.78 is 5.80. The van der Waals surface area contributed by atoms with Crippen LogP contribution in [0.5, 0.6) is 5.75 Å². The first-order valence-electron chi connectivity index (χ1n) is 13.3. The van der Waals surface area contributed by atoms with Crippen LogP contribution < -0.4 is 4.74 Å². The Morgan fingerprint density at radius 2 is 1.81 bits per heavy atom. The van der Waals surface area contributed by atoms with Crippen molar-refractivity contribution in [2.45, 2.75) is 51.1 Å². The number of carbonyl (C=O) groups is 2. The van der Waals surface area contributed by atoms with Gasteiger partial charge in [0.25, 0.3) is 5.91 Å². The predicted molar refractivity (Wildman–Crippen MR) is 139 cm³/mol. The van der Waals surface area contributed by atoms with Gasteiger partial charge in [-0.3, -0.25) is 14.6 Å². The van der Waals surface area contributed by atoms with Gasteiger partial charge >= 0.3 is 6.03 Å². The van der Waals surface area contributed by atoms with Gasteiger partial charge in [0.15, 0.2) is 0 Å². The lowest BCUT2D eigenvalue weighted by Crippen LogP contribution is -2.55. The van der Waals surface area contributed by atoms with E-state index in [1.807, 2.05) is 49.1 Å². The van der Waals surface area contributed by atoms with Crippen LogP contribution in [0.2, 0.25) is 0 Å². The molecular formula is C29H34N4O3. The van der Waals surface area contributed by atoms with Gasteiger partial charge in [-0.1, -0.05) is 37.3 Å². The summed E-state index contributed by atoms with van der Waals surface area (Å²) in [5.74, 6) is 0.758. The molecule has 3 aromatic rings. The summed E-state index contributed by atoms with van der Waals surface area (Å²) in [5, 5.41) is 1.07. The maximum absolute atomic E-state index is 14.1. The molecule has 2 saturated heterocycles. The molecule has 6 rings (SSSR count). The molecule has 188 valence electrons. The number of hydrogen-bond acceptors (Lipinski definition) is 4. The smallest absolute Gasteiger partial charge is 0.328 e. The molecule has 2 unspecified atom stereocenters. The molecule has 2 fully saturated rings. The molecule has 7 heteroatoms. The van der Waals surface area contributed by atoms with Crippen LogP contribution in [0.3, 0.4) is 0 Å². The Balaban J connectivity index is 1.48. The van der Waals surface area contributed by atoms with Crippen LogP contribution in [-0.2, 0) is 11.2 Å². The summed E-state index contributed by atoms with van der Waals surface area (Å²) in [7, 11) is 0. The Hall–Kier alpha value is -3.32. The number of rotatable bonds is 7. The van der Waals surface area contributed by atoms with Crippen molar-refractivity contribution in [3.05, 3.63) is 65.4 Å². The topological polar surface area (TPSA) is 68.9 Å². The molecule has 3 aliphatic heterocycles. The number of nitrogens with one attached hydrogen (secondary N) is 1. The predicted octanol–water partition coefficient (Wildman–Crippen LogP) is 4.72. The number of urea groups is 1. The van der Waals surface area contributed by atoms with Crippen LogP contribution >= 0.6 is 0 Å². The summed E-state index contributed by atoms with van der Waals surface area (Å²) in [6, 6.07) is 15.7. The van der Waals surface area contributed by atoms with E-state index in [1.165, 1.54) is 17.7 Å². The average molecular weight is 487 g/mol. The molecule has 3 amide bonds. The summed E-state index contributed by atoms with van der Waals surface area (Å²) in [5.41, 5.74) is 3.22. The maximum atomic E-state index is 14.1. The van der Waals surface area contributed by atoms with Crippen molar-refractivity contribution < 1.29 is 14.3 Å². The van der Waals surface area contributed by atoms with Gasteiger partial charge in [0.05, 0.1) is 6.61 Å². The summed E-state index contributed by atoms with van der Waals surface area (Å²) in [6.07, 6.45) is 3.45. The number of nitrogens with zero attached hydrogens (tertiary/aromatic N) is 3. The summed E-state index contributed by atoms with van der Waals surface area (Å²) in [4.78, 5) is 37.6. The highest BCUT2D eigenvalue weighted by atomic mass is 16.5. The minimum atomic E-state index is -0.896. The van der Waals surface area contributed by atoms with Gasteiger partial charge in [-0.05, 0) is 68.6 Å². The fourth-order valence-corrected chi connectivity index (χ4v) is 6.46. The second-order valence-electron chi connectivity index (χ2n) is 10.2. The number of H-pyrrole nitrogens is 1. The van der Waals surface area contributed by atoms with Crippen LogP contribution in [0.15, 0.2) is 48.5 Å². The van der Waals surface area contributed by atoms with Crippen LogP contribution in [0.4, 0.5) is 4.79 Å². The van der Waals surface area contributed by atoms with Crippen molar-refractivity contribution in [2.75, 3.05) is 32.8 Å². The van der Waals surface area contributed by atoms with E-state index in [1.54, 1.807) is 0 Å². The van der Waals surface area contributed by atoms with Crippen molar-refractivity contribution in [1.29, 1.82) is 0 Å². The fraction of sp³-hybridized carbons (Fsp3) is 0.448. The molecule has 3 aliphatic rings. The number of hydrogen-bond donors (Lipinski definition) is 1. The number of ether oxygens (including phenoxy) is 1. The molecule has 1 N–H and O–H groups in total. The van der Waals surface area contributed by atoms with E-state index in [9.17, 15) is 9.59 Å². The molecule has 0 radical (unpaired) electrons. The number of carbonyl (C=O) groups excluding carboxylic acids is 2. The number of benzene rings is 2. The SMILES string of the molecule is CCOc1ccc2[nH]c3c(c2c1)CC1(CC)C(=O)N(CCN2CCCC2)C(=O)N1C3c1ccccc1. The summed E-state index contributed by atoms with van der Waals surface area (Å²) in [6.45, 7) is 7.89. The number of amides is 3. The molecule has 2 aromatic carbocycles. The lowest BCUT2D eigenvalue weighted by atomic mass is 9.78. The van der Waals surface area contributed by atoms with E-state index in [2.05, 4.69) is 28.1 Å². The quantitative estimate of drug-likeness (QED) is 0.491. The van der Waals surface area contributed by atoms with Gasteiger partial charge in [-0.15, -0.1) is 0 Å². The Morgan fingerprint density at radius 1 is 1.03 bits per heavy atom. The van der Waals surface area contributed by atoms with Gasteiger partial charge in [-0.25, -0.2) is 4.79 Å². The van der Waals surface area contributed by atoms with Crippen molar-refractivity contribution in [1.82, 2.24) is 19.7 Å². The van der Waals surface area contributed by atoms with Gasteiger partial charge in [0.2, 0.25) is 0 Å². The normalized spacial score (nSPS) is 24.0. The minimum Gasteiger partial charge on any atom is -0.494 e. The van der Waals surface area contributed by atoms with Crippen molar-refractivity contribution in [2.24, 2.45) is 0 Å². The van der Waals surface area contributed by atoms with Crippen molar-refractivity contribution >= 4 is 22.8 Å². The molecule has 7 nitrogen and oxygen atoms in total. The van der Waals surface area contributed by atoms with Crippen molar-refractivity contribution in [3.63, 3.8) is 0 Å². The molecule has 4 heterocycles. The first-order chi connectivity index (χ1) is 17.6. The number of imide groups is 1. The number of aromatic nitrogens is 1. The average Bonchev–Trinajstić information content (AvgIpc) is 3.60. The molecule has 1 aromatic heterocycles. The third-order valence-electron chi connectivity index (χ3n) is 8.30. The largest absolute Gasteiger partial charge is 0.494 e. The van der Waals surface area contributed by atoms with E-state index >= 15 is 0 Å². The molecule has 36 heavy (non-hydrogen) atoms. The summed E-state index contributed by atoms with van der Waals surface area (Å²) >= 11 is 0. The lowest BCUT2D eigenvalue weighted by Gasteiger charge is -2.44. The molecule has 2 atom stereocenters. The van der Waals surface area contributed by atoms with Crippen LogP contribution in [0.1, 0.15) is 56.0 Å². The zero-order chi connectivity index (χ0) is 24.9. The van der Waals surface area contributed by atoms with E-state index in [-0.39, 0.29) is 18.0 Å². The monoisotopic (exact) mass is 486 g/mol. The molecule has 0 aliphatic carbocycles. The Bertz CT molecular complexity index is 1300. The molecular weight excluding hydrogens is 452 g/mol. The van der Waals surface area contributed by atoms with Gasteiger partial charge in [0.1, 0.15) is 17.3 Å². The first-order valence-corrected chi connectivity index (χ1v) is 13.3. The third-order valence-corrected chi connectivity index (χ3v) is 8.30. The minimum absolute atomic E-state index is 0.0592. The van der Waals surface area contributed by atoms with Crippen molar-refractivity contribution in [3.8, 4) is 5.75 Å². The lowest BCUT2D eigenvalue weighted by molar-refractivity contribution is -0.134. The highest BCUT2D eigenvalue weighted by molar-refractivity contribution is 6.08. The van der Waals surface area contributed by atoms with E-state index in [0.717, 1.165) is 53.1 Å². The first kappa shape index (κ1) is 23.1. The maximum Gasteiger partial charge on any atom is 0.328 e. The van der Waals surface area contributed by atoms with E-state index in [4.69, 9.17) is 4.74 Å². The highest BCUT2D eigenvalue weighted by Gasteiger charge is 2.61. The highest BCUT2D eigenvalue weighted by Crippen LogP contribution is 2.50. The van der Waals surface area contributed by atoms with Crippen LogP contribution in [-0.4, -0.2) is 69.9 Å². The van der Waals surface area contributed by atoms with E-state index in [0.29, 0.717) is 26.0 Å². The van der Waals surface area contributed by atoms with Crippen LogP contribution in [0, 0.1) is 0 Å². The van der Waals surface area contributed by atoms with E-state index < -0.39 is 5.54 Å². The van der Waals surface area contributed by atoms with Gasteiger partial charge in [-0.2, -0.15) is 0 Å². The van der Waals surface area contributed by atoms with Crippen LogP contribution in [0.25, 0.3) is 10.9 Å². The Labute approximate surface area is 212 Å². The van der Waals surface area contributed by atoms with Gasteiger partial charge in [0, 0.05) is 36.1 Å². The third kappa shape index (κ3) is 3.44. The zero-order valence-electron chi connectivity index (χ0n) is 21.1. The Kier molecular flexibility index (Phi) is 5.75. The fourth-order valence-electron chi connectivity index (χ4n) is 6.46. The standard InChI is InChI=1S/C29H34N4O3/c1-3-29-19-23-22-18-21(36-4-2)12-13-24(22)30-25(23)26(20-10-6-5-7-11-20)33(29)28(35)32(27(29)34)17-16-31-14-8-9-15-31/h5-7,10-13,18,26,30H,3-4,8-9,14-17,19H2,1-2H3. The van der Waals surface area contributed by atoms with Gasteiger partial charge < -0.3 is 14.6 Å². The molecule has 0 spiro atoms. The number of aromatic amines is 1. The Morgan fingerprint density at radius 3 is 2.53 bits per heavy atom. The molecule has 0 saturated carbocycles. The second-order valence-corrected chi connectivity index (χ2v) is 10.2. The number of fused-ring (bicyclic) bond motifs is 4. The zero-order valence-corrected chi connectivity index (χ0v) is 21.1. The second kappa shape index (κ2) is 8.96. The molecule has 0 bridgehead atoms. The number of likely N-dealkylation sites (tertiary alicyclic amines) is 1.